The summed E-state index contributed by atoms with van der Waals surface area (Å²) in [6.07, 6.45) is 1.18. The van der Waals surface area contributed by atoms with E-state index in [9.17, 15) is 9.00 Å². The predicted octanol–water partition coefficient (Wildman–Crippen LogP) is 4.20. The number of amides is 1. The van der Waals surface area contributed by atoms with Gasteiger partial charge in [-0.25, -0.2) is 4.79 Å². The summed E-state index contributed by atoms with van der Waals surface area (Å²) in [4.78, 5) is 14.8. The molecular formula is C19H20INO3S. The van der Waals surface area contributed by atoms with Crippen LogP contribution in [0.15, 0.2) is 59.5 Å². The standard InChI is InChI=1S/C19H20INO3S/c20-16-6-8-17(9-7-16)25(23)18-10-12-21(13-11-18)19(22)24-14-15-4-2-1-3-5-15/h1-9,18H,10-14H2. The predicted molar refractivity (Wildman–Crippen MR) is 107 cm³/mol. The fourth-order valence-electron chi connectivity index (χ4n) is 2.82. The van der Waals surface area contributed by atoms with E-state index in [2.05, 4.69) is 22.6 Å². The van der Waals surface area contributed by atoms with Gasteiger partial charge in [-0.2, -0.15) is 0 Å². The lowest BCUT2D eigenvalue weighted by atomic mass is 10.1. The van der Waals surface area contributed by atoms with Crippen LogP contribution < -0.4 is 0 Å². The monoisotopic (exact) mass is 469 g/mol. The van der Waals surface area contributed by atoms with E-state index in [4.69, 9.17) is 4.74 Å². The maximum Gasteiger partial charge on any atom is 0.410 e. The maximum absolute atomic E-state index is 12.7. The van der Waals surface area contributed by atoms with Gasteiger partial charge in [0.2, 0.25) is 0 Å². The normalized spacial score (nSPS) is 16.4. The smallest absolute Gasteiger partial charge is 0.410 e. The van der Waals surface area contributed by atoms with Crippen LogP contribution in [0.2, 0.25) is 0 Å². The molecule has 0 aliphatic carbocycles. The van der Waals surface area contributed by atoms with Gasteiger partial charge in [-0.15, -0.1) is 0 Å². The molecule has 0 N–H and O–H groups in total. The second-order valence-corrected chi connectivity index (χ2v) is 8.96. The fraction of sp³-hybridized carbons (Fsp3) is 0.316. The van der Waals surface area contributed by atoms with Crippen molar-refractivity contribution in [1.29, 1.82) is 0 Å². The first-order valence-electron chi connectivity index (χ1n) is 8.25. The summed E-state index contributed by atoms with van der Waals surface area (Å²) in [5.41, 5.74) is 0.977. The van der Waals surface area contributed by atoms with Crippen molar-refractivity contribution in [3.05, 3.63) is 63.7 Å². The number of hydrogen-bond donors (Lipinski definition) is 0. The molecule has 0 saturated carbocycles. The molecular weight excluding hydrogens is 449 g/mol. The fourth-order valence-corrected chi connectivity index (χ4v) is 4.61. The van der Waals surface area contributed by atoms with Crippen LogP contribution in [-0.4, -0.2) is 33.5 Å². The zero-order valence-corrected chi connectivity index (χ0v) is 16.7. The summed E-state index contributed by atoms with van der Waals surface area (Å²) < 4.78 is 19.2. The van der Waals surface area contributed by atoms with Crippen molar-refractivity contribution in [3.8, 4) is 0 Å². The third-order valence-corrected chi connectivity index (χ3v) is 6.79. The molecule has 1 amide bonds. The number of carbonyl (C=O) groups is 1. The van der Waals surface area contributed by atoms with Gasteiger partial charge in [0.25, 0.3) is 0 Å². The Morgan fingerprint density at radius 3 is 2.36 bits per heavy atom. The zero-order valence-electron chi connectivity index (χ0n) is 13.8. The first kappa shape index (κ1) is 18.4. The van der Waals surface area contributed by atoms with Gasteiger partial charge in [-0.05, 0) is 65.3 Å². The third kappa shape index (κ3) is 5.04. The highest BCUT2D eigenvalue weighted by Crippen LogP contribution is 2.22. The van der Waals surface area contributed by atoms with Crippen molar-refractivity contribution in [1.82, 2.24) is 4.90 Å². The number of carbonyl (C=O) groups excluding carboxylic acids is 1. The molecule has 0 spiro atoms. The molecule has 0 bridgehead atoms. The largest absolute Gasteiger partial charge is 0.445 e. The van der Waals surface area contributed by atoms with E-state index in [0.29, 0.717) is 13.1 Å². The topological polar surface area (TPSA) is 46.6 Å². The Morgan fingerprint density at radius 1 is 1.08 bits per heavy atom. The Balaban J connectivity index is 1.48. The molecule has 1 saturated heterocycles. The van der Waals surface area contributed by atoms with Crippen LogP contribution >= 0.6 is 22.6 Å². The van der Waals surface area contributed by atoms with Crippen LogP contribution in [-0.2, 0) is 22.1 Å². The Bertz CT molecular complexity index is 728. The minimum atomic E-state index is -1.02. The summed E-state index contributed by atoms with van der Waals surface area (Å²) in [5, 5.41) is 0.0956. The number of benzene rings is 2. The summed E-state index contributed by atoms with van der Waals surface area (Å²) in [6.45, 7) is 1.47. The summed E-state index contributed by atoms with van der Waals surface area (Å²) >= 11 is 2.24. The number of hydrogen-bond acceptors (Lipinski definition) is 3. The molecule has 1 heterocycles. The SMILES string of the molecule is O=C(OCc1ccccc1)N1CCC(S(=O)c2ccc(I)cc2)CC1. The zero-order chi connectivity index (χ0) is 17.6. The quantitative estimate of drug-likeness (QED) is 0.631. The first-order valence-corrected chi connectivity index (χ1v) is 10.5. The molecule has 1 aliphatic rings. The summed E-state index contributed by atoms with van der Waals surface area (Å²) in [7, 11) is -1.02. The van der Waals surface area contributed by atoms with E-state index >= 15 is 0 Å². The molecule has 0 radical (unpaired) electrons. The van der Waals surface area contributed by atoms with Crippen LogP contribution in [0.4, 0.5) is 4.79 Å². The number of nitrogens with zero attached hydrogens (tertiary/aromatic N) is 1. The second kappa shape index (κ2) is 8.80. The number of rotatable bonds is 4. The van der Waals surface area contributed by atoms with Crippen molar-refractivity contribution in [2.75, 3.05) is 13.1 Å². The Labute approximate surface area is 164 Å². The lowest BCUT2D eigenvalue weighted by Crippen LogP contribution is -2.41. The van der Waals surface area contributed by atoms with Crippen LogP contribution in [0.3, 0.4) is 0 Å². The molecule has 1 unspecified atom stereocenters. The van der Waals surface area contributed by atoms with E-state index < -0.39 is 10.8 Å². The number of ether oxygens (including phenoxy) is 1. The number of likely N-dealkylation sites (tertiary alicyclic amines) is 1. The van der Waals surface area contributed by atoms with Gasteiger partial charge in [0, 0.05) is 26.8 Å². The van der Waals surface area contributed by atoms with Crippen molar-refractivity contribution >= 4 is 39.5 Å². The van der Waals surface area contributed by atoms with Crippen molar-refractivity contribution < 1.29 is 13.7 Å². The van der Waals surface area contributed by atoms with Crippen LogP contribution in [0.25, 0.3) is 0 Å². The first-order chi connectivity index (χ1) is 12.1. The molecule has 1 fully saturated rings. The van der Waals surface area contributed by atoms with Gasteiger partial charge < -0.3 is 9.64 Å². The molecule has 6 heteroatoms. The van der Waals surface area contributed by atoms with E-state index in [-0.39, 0.29) is 18.0 Å². The molecule has 132 valence electrons. The minimum absolute atomic E-state index is 0.0956. The Morgan fingerprint density at radius 2 is 1.72 bits per heavy atom. The van der Waals surface area contributed by atoms with E-state index in [1.54, 1.807) is 4.90 Å². The van der Waals surface area contributed by atoms with Gasteiger partial charge in [0.15, 0.2) is 0 Å². The van der Waals surface area contributed by atoms with E-state index in [1.165, 1.54) is 0 Å². The van der Waals surface area contributed by atoms with Crippen molar-refractivity contribution in [3.63, 3.8) is 0 Å². The molecule has 0 aromatic heterocycles. The second-order valence-electron chi connectivity index (χ2n) is 5.98. The van der Waals surface area contributed by atoms with Crippen LogP contribution in [0.1, 0.15) is 18.4 Å². The van der Waals surface area contributed by atoms with Crippen LogP contribution in [0.5, 0.6) is 0 Å². The molecule has 1 aliphatic heterocycles. The summed E-state index contributed by atoms with van der Waals surface area (Å²) in [5.74, 6) is 0. The van der Waals surface area contributed by atoms with Gasteiger partial charge in [0.05, 0.1) is 10.8 Å². The van der Waals surface area contributed by atoms with Gasteiger partial charge >= 0.3 is 6.09 Å². The van der Waals surface area contributed by atoms with Crippen LogP contribution in [0, 0.1) is 3.57 Å². The highest BCUT2D eigenvalue weighted by atomic mass is 127. The van der Waals surface area contributed by atoms with Crippen molar-refractivity contribution in [2.24, 2.45) is 0 Å². The molecule has 2 aromatic rings. The van der Waals surface area contributed by atoms with Gasteiger partial charge in [-0.3, -0.25) is 4.21 Å². The van der Waals surface area contributed by atoms with Gasteiger partial charge in [-0.1, -0.05) is 30.3 Å². The third-order valence-electron chi connectivity index (χ3n) is 4.25. The molecule has 4 nitrogen and oxygen atoms in total. The molecule has 25 heavy (non-hydrogen) atoms. The Kier molecular flexibility index (Phi) is 6.47. The number of halogens is 1. The van der Waals surface area contributed by atoms with Crippen molar-refractivity contribution in [2.45, 2.75) is 29.6 Å². The minimum Gasteiger partial charge on any atom is -0.445 e. The maximum atomic E-state index is 12.7. The van der Waals surface area contributed by atoms with Gasteiger partial charge in [0.1, 0.15) is 6.61 Å². The molecule has 3 rings (SSSR count). The average Bonchev–Trinajstić information content (AvgIpc) is 2.67. The highest BCUT2D eigenvalue weighted by Gasteiger charge is 2.27. The molecule has 2 aromatic carbocycles. The lowest BCUT2D eigenvalue weighted by molar-refractivity contribution is 0.0899. The lowest BCUT2D eigenvalue weighted by Gasteiger charge is -2.30. The number of piperidine rings is 1. The highest BCUT2D eigenvalue weighted by molar-refractivity contribution is 14.1. The molecule has 1 atom stereocenters. The van der Waals surface area contributed by atoms with E-state index in [0.717, 1.165) is 26.9 Å². The summed E-state index contributed by atoms with van der Waals surface area (Å²) in [6, 6.07) is 17.5. The van der Waals surface area contributed by atoms with E-state index in [1.807, 2.05) is 54.6 Å². The average molecular weight is 469 g/mol. The Hall–Kier alpha value is -1.41.